The monoisotopic (exact) mass is 278 g/mol. The molecule has 100 valence electrons. The maximum Gasteiger partial charge on any atom is 0.417 e. The van der Waals surface area contributed by atoms with Crippen molar-refractivity contribution in [2.45, 2.75) is 32.9 Å². The third-order valence-corrected chi connectivity index (χ3v) is 3.05. The maximum absolute atomic E-state index is 12.8. The molecule has 0 aliphatic carbocycles. The van der Waals surface area contributed by atoms with E-state index in [0.29, 0.717) is 6.42 Å². The average Bonchev–Trinajstić information content (AvgIpc) is 2.27. The second-order valence-corrected chi connectivity index (χ2v) is 4.62. The number of halogens is 4. The molecule has 0 bridgehead atoms. The van der Waals surface area contributed by atoms with Crippen molar-refractivity contribution >= 4 is 17.4 Å². The molecular formula is C13H14ClF3O. The van der Waals surface area contributed by atoms with Crippen molar-refractivity contribution in [1.29, 1.82) is 0 Å². The van der Waals surface area contributed by atoms with Crippen LogP contribution < -0.4 is 0 Å². The van der Waals surface area contributed by atoms with Crippen LogP contribution in [0.15, 0.2) is 18.2 Å². The number of Topliss-reactive ketones (excluding diaryl/α,β-unsaturated/α-hetero) is 1. The first-order chi connectivity index (χ1) is 8.29. The van der Waals surface area contributed by atoms with Crippen molar-refractivity contribution in [2.75, 3.05) is 0 Å². The lowest BCUT2D eigenvalue weighted by molar-refractivity contribution is -0.137. The second kappa shape index (κ2) is 5.74. The summed E-state index contributed by atoms with van der Waals surface area (Å²) in [6.45, 7) is 3.50. The van der Waals surface area contributed by atoms with Gasteiger partial charge in [-0.1, -0.05) is 37.9 Å². The summed E-state index contributed by atoms with van der Waals surface area (Å²) in [5.74, 6) is -1.01. The highest BCUT2D eigenvalue weighted by atomic mass is 35.5. The predicted octanol–water partition coefficient (Wildman–Crippen LogP) is 4.98. The molecule has 5 heteroatoms. The summed E-state index contributed by atoms with van der Waals surface area (Å²) in [7, 11) is 0. The van der Waals surface area contributed by atoms with Crippen molar-refractivity contribution in [2.24, 2.45) is 5.92 Å². The first-order valence-corrected chi connectivity index (χ1v) is 6.06. The van der Waals surface area contributed by atoms with Crippen LogP contribution in [0.25, 0.3) is 0 Å². The van der Waals surface area contributed by atoms with E-state index in [1.807, 2.05) is 6.92 Å². The van der Waals surface area contributed by atoms with Crippen LogP contribution in [0.4, 0.5) is 13.2 Å². The Morgan fingerprint density at radius 2 is 2.00 bits per heavy atom. The molecular weight excluding hydrogens is 265 g/mol. The first-order valence-electron chi connectivity index (χ1n) is 5.69. The van der Waals surface area contributed by atoms with E-state index in [-0.39, 0.29) is 5.02 Å². The summed E-state index contributed by atoms with van der Waals surface area (Å²) in [6, 6.07) is 3.40. The fourth-order valence-corrected chi connectivity index (χ4v) is 2.09. The molecule has 1 unspecified atom stereocenters. The maximum atomic E-state index is 12.8. The van der Waals surface area contributed by atoms with Crippen LogP contribution >= 0.6 is 11.6 Å². The van der Waals surface area contributed by atoms with Gasteiger partial charge in [0.15, 0.2) is 5.78 Å². The minimum absolute atomic E-state index is 0.141. The Labute approximate surface area is 109 Å². The van der Waals surface area contributed by atoms with Crippen LogP contribution in [-0.4, -0.2) is 5.78 Å². The fraction of sp³-hybridized carbons (Fsp3) is 0.462. The molecule has 1 rings (SSSR count). The van der Waals surface area contributed by atoms with Gasteiger partial charge in [0.2, 0.25) is 0 Å². The van der Waals surface area contributed by atoms with Gasteiger partial charge in [-0.25, -0.2) is 0 Å². The highest BCUT2D eigenvalue weighted by Crippen LogP contribution is 2.36. The summed E-state index contributed by atoms with van der Waals surface area (Å²) in [5.41, 5.74) is -1.37. The Morgan fingerprint density at radius 3 is 2.50 bits per heavy atom. The quantitative estimate of drug-likeness (QED) is 0.710. The van der Waals surface area contributed by atoms with E-state index in [2.05, 4.69) is 0 Å². The molecule has 0 saturated carbocycles. The van der Waals surface area contributed by atoms with Gasteiger partial charge < -0.3 is 0 Å². The summed E-state index contributed by atoms with van der Waals surface area (Å²) in [4.78, 5) is 12.0. The lowest BCUT2D eigenvalue weighted by Gasteiger charge is -2.16. The number of hydrogen-bond donors (Lipinski definition) is 0. The van der Waals surface area contributed by atoms with E-state index in [4.69, 9.17) is 11.6 Å². The van der Waals surface area contributed by atoms with Crippen molar-refractivity contribution in [3.8, 4) is 0 Å². The molecule has 18 heavy (non-hydrogen) atoms. The standard InChI is InChI=1S/C13H14ClF3O/c1-3-5-8(2)12(18)11-9(13(15,16)17)6-4-7-10(11)14/h4,6-8H,3,5H2,1-2H3. The molecule has 0 spiro atoms. The van der Waals surface area contributed by atoms with Gasteiger partial charge in [0.05, 0.1) is 10.6 Å². The van der Waals surface area contributed by atoms with E-state index in [1.165, 1.54) is 12.1 Å². The van der Waals surface area contributed by atoms with Crippen LogP contribution in [0, 0.1) is 5.92 Å². The smallest absolute Gasteiger partial charge is 0.294 e. The summed E-state index contributed by atoms with van der Waals surface area (Å²) >= 11 is 5.75. The molecule has 0 radical (unpaired) electrons. The average molecular weight is 279 g/mol. The van der Waals surface area contributed by atoms with Crippen molar-refractivity contribution in [3.05, 3.63) is 34.3 Å². The molecule has 0 aliphatic rings. The van der Waals surface area contributed by atoms with Gasteiger partial charge in [0, 0.05) is 11.5 Å². The van der Waals surface area contributed by atoms with Crippen LogP contribution in [0.2, 0.25) is 5.02 Å². The van der Waals surface area contributed by atoms with E-state index in [9.17, 15) is 18.0 Å². The predicted molar refractivity (Wildman–Crippen MR) is 64.9 cm³/mol. The lowest BCUT2D eigenvalue weighted by Crippen LogP contribution is -2.18. The number of ketones is 1. The van der Waals surface area contributed by atoms with Gasteiger partial charge in [0.25, 0.3) is 0 Å². The van der Waals surface area contributed by atoms with Crippen LogP contribution in [0.3, 0.4) is 0 Å². The molecule has 0 aliphatic heterocycles. The Hall–Kier alpha value is -1.03. The topological polar surface area (TPSA) is 17.1 Å². The molecule has 0 N–H and O–H groups in total. The summed E-state index contributed by atoms with van der Waals surface area (Å²) in [6.07, 6.45) is -3.29. The third-order valence-electron chi connectivity index (χ3n) is 2.73. The molecule has 1 atom stereocenters. The van der Waals surface area contributed by atoms with Crippen molar-refractivity contribution in [3.63, 3.8) is 0 Å². The molecule has 0 amide bonds. The Bertz CT molecular complexity index is 440. The van der Waals surface area contributed by atoms with Crippen LogP contribution in [0.5, 0.6) is 0 Å². The number of alkyl halides is 3. The first kappa shape index (κ1) is 15.0. The van der Waals surface area contributed by atoms with Gasteiger partial charge in [-0.3, -0.25) is 4.79 Å². The van der Waals surface area contributed by atoms with E-state index >= 15 is 0 Å². The highest BCUT2D eigenvalue weighted by Gasteiger charge is 2.36. The van der Waals surface area contributed by atoms with Gasteiger partial charge in [0.1, 0.15) is 0 Å². The van der Waals surface area contributed by atoms with Crippen LogP contribution in [-0.2, 0) is 6.18 Å². The van der Waals surface area contributed by atoms with Gasteiger partial charge in [-0.05, 0) is 18.6 Å². The number of benzene rings is 1. The fourth-order valence-electron chi connectivity index (χ4n) is 1.82. The van der Waals surface area contributed by atoms with E-state index < -0.39 is 29.0 Å². The largest absolute Gasteiger partial charge is 0.417 e. The van der Waals surface area contributed by atoms with Gasteiger partial charge >= 0.3 is 6.18 Å². The summed E-state index contributed by atoms with van der Waals surface area (Å²) in [5, 5.41) is -0.141. The van der Waals surface area contributed by atoms with Crippen molar-refractivity contribution in [1.82, 2.24) is 0 Å². The molecule has 0 aromatic heterocycles. The lowest BCUT2D eigenvalue weighted by atomic mass is 9.92. The van der Waals surface area contributed by atoms with Gasteiger partial charge in [-0.2, -0.15) is 13.2 Å². The van der Waals surface area contributed by atoms with Gasteiger partial charge in [-0.15, -0.1) is 0 Å². The molecule has 0 heterocycles. The summed E-state index contributed by atoms with van der Waals surface area (Å²) < 4.78 is 38.5. The Morgan fingerprint density at radius 1 is 1.39 bits per heavy atom. The zero-order valence-electron chi connectivity index (χ0n) is 10.1. The third kappa shape index (κ3) is 3.25. The second-order valence-electron chi connectivity index (χ2n) is 4.21. The van der Waals surface area contributed by atoms with E-state index in [0.717, 1.165) is 12.5 Å². The Balaban J connectivity index is 3.26. The molecule has 1 aromatic rings. The van der Waals surface area contributed by atoms with Crippen LogP contribution in [0.1, 0.15) is 42.6 Å². The zero-order valence-corrected chi connectivity index (χ0v) is 10.9. The normalized spacial score (nSPS) is 13.4. The Kier molecular flexibility index (Phi) is 4.79. The molecule has 0 fully saturated rings. The number of rotatable bonds is 4. The number of hydrogen-bond acceptors (Lipinski definition) is 1. The minimum atomic E-state index is -4.57. The highest BCUT2D eigenvalue weighted by molar-refractivity contribution is 6.34. The molecule has 0 saturated heterocycles. The molecule has 1 nitrogen and oxygen atoms in total. The molecule has 1 aromatic carbocycles. The van der Waals surface area contributed by atoms with E-state index in [1.54, 1.807) is 6.92 Å². The number of carbonyl (C=O) groups is 1. The minimum Gasteiger partial charge on any atom is -0.294 e. The SMILES string of the molecule is CCCC(C)C(=O)c1c(Cl)cccc1C(F)(F)F. The van der Waals surface area contributed by atoms with Crippen molar-refractivity contribution < 1.29 is 18.0 Å². The zero-order chi connectivity index (χ0) is 13.9. The number of carbonyl (C=O) groups excluding carboxylic acids is 1.